The number of hydrogen-bond acceptors (Lipinski definition) is 6. The van der Waals surface area contributed by atoms with Gasteiger partial charge >= 0.3 is 0 Å². The summed E-state index contributed by atoms with van der Waals surface area (Å²) in [6.07, 6.45) is 1.64. The van der Waals surface area contributed by atoms with E-state index in [9.17, 15) is 5.26 Å². The third-order valence-corrected chi connectivity index (χ3v) is 5.11. The maximum atomic E-state index is 9.52. The van der Waals surface area contributed by atoms with Crippen molar-refractivity contribution in [3.8, 4) is 28.8 Å². The van der Waals surface area contributed by atoms with E-state index in [0.29, 0.717) is 22.1 Å². The van der Waals surface area contributed by atoms with Crippen molar-refractivity contribution in [1.29, 1.82) is 5.26 Å². The van der Waals surface area contributed by atoms with E-state index in [1.165, 1.54) is 11.3 Å². The lowest BCUT2D eigenvalue weighted by atomic mass is 10.2. The highest BCUT2D eigenvalue weighted by Crippen LogP contribution is 2.31. The fraction of sp³-hybridized carbons (Fsp3) is 0.100. The lowest BCUT2D eigenvalue weighted by molar-refractivity contribution is 0.355. The lowest BCUT2D eigenvalue weighted by Crippen LogP contribution is -1.94. The molecule has 136 valence electrons. The minimum absolute atomic E-state index is 0.455. The second-order valence-corrected chi connectivity index (χ2v) is 7.21. The van der Waals surface area contributed by atoms with Crippen molar-refractivity contribution in [2.75, 3.05) is 19.5 Å². The van der Waals surface area contributed by atoms with Crippen molar-refractivity contribution >= 4 is 38.5 Å². The Balaban J connectivity index is 1.82. The van der Waals surface area contributed by atoms with E-state index in [1.54, 1.807) is 32.6 Å². The van der Waals surface area contributed by atoms with Gasteiger partial charge in [-0.2, -0.15) is 5.26 Å². The van der Waals surface area contributed by atoms with Gasteiger partial charge in [-0.05, 0) is 24.3 Å². The number of thiazole rings is 1. The zero-order valence-electron chi connectivity index (χ0n) is 14.7. The molecule has 0 spiro atoms. The predicted molar refractivity (Wildman–Crippen MR) is 112 cm³/mol. The van der Waals surface area contributed by atoms with E-state index in [-0.39, 0.29) is 0 Å². The Morgan fingerprint density at radius 2 is 2.00 bits per heavy atom. The third-order valence-electron chi connectivity index (χ3n) is 3.74. The van der Waals surface area contributed by atoms with Crippen LogP contribution in [-0.2, 0) is 0 Å². The highest BCUT2D eigenvalue weighted by atomic mass is 79.9. The molecule has 3 rings (SSSR count). The Kier molecular flexibility index (Phi) is 6.12. The number of nitrogens with zero attached hydrogens (tertiary/aromatic N) is 2. The molecule has 0 aliphatic heterocycles. The molecule has 0 unspecified atom stereocenters. The molecule has 5 nitrogen and oxygen atoms in total. The van der Waals surface area contributed by atoms with Crippen LogP contribution < -0.4 is 14.8 Å². The van der Waals surface area contributed by atoms with E-state index in [0.717, 1.165) is 21.4 Å². The van der Waals surface area contributed by atoms with Crippen LogP contribution in [0.4, 0.5) is 5.69 Å². The number of ether oxygens (including phenoxy) is 2. The number of benzene rings is 2. The van der Waals surface area contributed by atoms with Gasteiger partial charge in [-0.25, -0.2) is 4.98 Å². The first-order chi connectivity index (χ1) is 13.1. The van der Waals surface area contributed by atoms with Crippen LogP contribution in [0.5, 0.6) is 11.5 Å². The molecular formula is C20H16BrN3O2S. The average Bonchev–Trinajstić information content (AvgIpc) is 3.18. The number of nitrogens with one attached hydrogen (secondary N) is 1. The molecule has 0 amide bonds. The Morgan fingerprint density at radius 3 is 2.70 bits per heavy atom. The average molecular weight is 442 g/mol. The first kappa shape index (κ1) is 19.0. The van der Waals surface area contributed by atoms with Crippen molar-refractivity contribution in [1.82, 2.24) is 4.98 Å². The number of allylic oxidation sites excluding steroid dienone is 1. The first-order valence-corrected chi connectivity index (χ1v) is 9.62. The zero-order chi connectivity index (χ0) is 19.2. The summed E-state index contributed by atoms with van der Waals surface area (Å²) in [6, 6.07) is 15.6. The molecule has 1 N–H and O–H groups in total. The first-order valence-electron chi connectivity index (χ1n) is 7.95. The number of methoxy groups -OCH3 is 2. The minimum Gasteiger partial charge on any atom is -0.493 e. The second kappa shape index (κ2) is 8.71. The standard InChI is InChI=1S/C20H16BrN3O2S/c1-25-18-7-6-16(9-19(18)26-2)23-11-14(10-22)20-24-17(12-27-20)13-4-3-5-15(21)8-13/h3-9,11-12,23H,1-2H3. The van der Waals surface area contributed by atoms with Crippen molar-refractivity contribution in [2.45, 2.75) is 0 Å². The summed E-state index contributed by atoms with van der Waals surface area (Å²) in [5.41, 5.74) is 3.07. The molecule has 7 heteroatoms. The van der Waals surface area contributed by atoms with Gasteiger partial charge in [-0.15, -0.1) is 11.3 Å². The molecule has 0 aliphatic rings. The van der Waals surface area contributed by atoms with E-state index >= 15 is 0 Å². The fourth-order valence-corrected chi connectivity index (χ4v) is 3.60. The highest BCUT2D eigenvalue weighted by Gasteiger charge is 2.10. The van der Waals surface area contributed by atoms with Crippen LogP contribution in [0.15, 0.2) is 58.5 Å². The van der Waals surface area contributed by atoms with Gasteiger partial charge in [0.2, 0.25) is 0 Å². The number of aromatic nitrogens is 1. The summed E-state index contributed by atoms with van der Waals surface area (Å²) in [5.74, 6) is 1.26. The van der Waals surface area contributed by atoms with Crippen LogP contribution in [0.2, 0.25) is 0 Å². The molecule has 1 aromatic heterocycles. The molecule has 3 aromatic rings. The van der Waals surface area contributed by atoms with Crippen molar-refractivity contribution in [2.24, 2.45) is 0 Å². The Bertz CT molecular complexity index is 1020. The van der Waals surface area contributed by atoms with Gasteiger partial charge in [0, 0.05) is 33.4 Å². The Morgan fingerprint density at radius 1 is 1.19 bits per heavy atom. The fourth-order valence-electron chi connectivity index (χ4n) is 2.40. The summed E-state index contributed by atoms with van der Waals surface area (Å²) in [5, 5.41) is 15.2. The van der Waals surface area contributed by atoms with Gasteiger partial charge in [-0.1, -0.05) is 28.1 Å². The number of nitriles is 1. The van der Waals surface area contributed by atoms with Crippen LogP contribution in [0.3, 0.4) is 0 Å². The summed E-state index contributed by atoms with van der Waals surface area (Å²) in [6.45, 7) is 0. The third kappa shape index (κ3) is 4.48. The minimum atomic E-state index is 0.455. The molecule has 0 radical (unpaired) electrons. The van der Waals surface area contributed by atoms with E-state index in [1.807, 2.05) is 35.7 Å². The van der Waals surface area contributed by atoms with Crippen LogP contribution in [0.1, 0.15) is 5.01 Å². The Hall–Kier alpha value is -2.82. The van der Waals surface area contributed by atoms with Gasteiger partial charge in [0.25, 0.3) is 0 Å². The van der Waals surface area contributed by atoms with Crippen LogP contribution in [0, 0.1) is 11.3 Å². The normalized spacial score (nSPS) is 11.0. The van der Waals surface area contributed by atoms with Crippen LogP contribution in [-0.4, -0.2) is 19.2 Å². The van der Waals surface area contributed by atoms with E-state index in [4.69, 9.17) is 9.47 Å². The molecule has 1 heterocycles. The monoisotopic (exact) mass is 441 g/mol. The smallest absolute Gasteiger partial charge is 0.162 e. The second-order valence-electron chi connectivity index (χ2n) is 5.43. The predicted octanol–water partition coefficient (Wildman–Crippen LogP) is 5.57. The molecule has 0 saturated heterocycles. The molecule has 0 aliphatic carbocycles. The van der Waals surface area contributed by atoms with Gasteiger partial charge in [-0.3, -0.25) is 0 Å². The summed E-state index contributed by atoms with van der Waals surface area (Å²) < 4.78 is 11.5. The van der Waals surface area contributed by atoms with Crippen molar-refractivity contribution in [3.63, 3.8) is 0 Å². The lowest BCUT2D eigenvalue weighted by Gasteiger charge is -2.09. The summed E-state index contributed by atoms with van der Waals surface area (Å²) >= 11 is 4.89. The van der Waals surface area contributed by atoms with Crippen molar-refractivity contribution < 1.29 is 9.47 Å². The zero-order valence-corrected chi connectivity index (χ0v) is 17.1. The highest BCUT2D eigenvalue weighted by molar-refractivity contribution is 9.10. The van der Waals surface area contributed by atoms with E-state index < -0.39 is 0 Å². The molecule has 0 bridgehead atoms. The number of anilines is 1. The van der Waals surface area contributed by atoms with Gasteiger partial charge in [0.15, 0.2) is 11.5 Å². The number of halogens is 1. The SMILES string of the molecule is COc1ccc(NC=C(C#N)c2nc(-c3cccc(Br)c3)cs2)cc1OC. The number of hydrogen-bond donors (Lipinski definition) is 1. The van der Waals surface area contributed by atoms with Crippen molar-refractivity contribution in [3.05, 3.63) is 63.5 Å². The summed E-state index contributed by atoms with van der Waals surface area (Å²) in [7, 11) is 3.17. The maximum Gasteiger partial charge on any atom is 0.162 e. The quantitative estimate of drug-likeness (QED) is 0.506. The summed E-state index contributed by atoms with van der Waals surface area (Å²) in [4.78, 5) is 4.59. The molecule has 0 fully saturated rings. The van der Waals surface area contributed by atoms with E-state index in [2.05, 4.69) is 32.3 Å². The van der Waals surface area contributed by atoms with Gasteiger partial charge in [0.05, 0.1) is 19.9 Å². The molecule has 2 aromatic carbocycles. The van der Waals surface area contributed by atoms with Gasteiger partial charge < -0.3 is 14.8 Å². The maximum absolute atomic E-state index is 9.52. The Labute approximate surface area is 170 Å². The topological polar surface area (TPSA) is 67.2 Å². The molecular weight excluding hydrogens is 426 g/mol. The largest absolute Gasteiger partial charge is 0.493 e. The number of rotatable bonds is 6. The van der Waals surface area contributed by atoms with Crippen LogP contribution >= 0.6 is 27.3 Å². The van der Waals surface area contributed by atoms with Gasteiger partial charge in [0.1, 0.15) is 16.6 Å². The molecule has 27 heavy (non-hydrogen) atoms. The van der Waals surface area contributed by atoms with Crippen LogP contribution in [0.25, 0.3) is 16.8 Å². The molecule has 0 saturated carbocycles. The molecule has 0 atom stereocenters.